The normalized spacial score (nSPS) is 17.5. The van der Waals surface area contributed by atoms with Crippen molar-refractivity contribution in [3.63, 3.8) is 0 Å². The molecule has 2 N–H and O–H groups in total. The minimum Gasteiger partial charge on any atom is -0.353 e. The zero-order chi connectivity index (χ0) is 22.8. The summed E-state index contributed by atoms with van der Waals surface area (Å²) in [4.78, 5) is 31.6. The third kappa shape index (κ3) is 7.95. The summed E-state index contributed by atoms with van der Waals surface area (Å²) in [5.41, 5.74) is 1.93. The van der Waals surface area contributed by atoms with E-state index < -0.39 is 0 Å². The zero-order valence-corrected chi connectivity index (χ0v) is 19.9. The van der Waals surface area contributed by atoms with Crippen LogP contribution in [0.2, 0.25) is 0 Å². The molecule has 0 bridgehead atoms. The largest absolute Gasteiger partial charge is 0.353 e. The molecule has 2 aromatic rings. The second-order valence-electron chi connectivity index (χ2n) is 8.48. The van der Waals surface area contributed by atoms with E-state index in [9.17, 15) is 9.59 Å². The van der Waals surface area contributed by atoms with Crippen LogP contribution in [0.3, 0.4) is 0 Å². The first-order chi connectivity index (χ1) is 15.5. The second-order valence-corrected chi connectivity index (χ2v) is 9.47. The van der Waals surface area contributed by atoms with Gasteiger partial charge in [-0.05, 0) is 62.6 Å². The van der Waals surface area contributed by atoms with E-state index in [-0.39, 0.29) is 23.8 Å². The molecule has 172 valence electrons. The average Bonchev–Trinajstić information content (AvgIpc) is 2.79. The van der Waals surface area contributed by atoms with Gasteiger partial charge in [-0.25, -0.2) is 4.98 Å². The minimum atomic E-state index is -0.0417. The van der Waals surface area contributed by atoms with E-state index in [0.29, 0.717) is 13.1 Å². The van der Waals surface area contributed by atoms with Gasteiger partial charge in [-0.1, -0.05) is 31.5 Å². The van der Waals surface area contributed by atoms with Crippen molar-refractivity contribution >= 4 is 29.3 Å². The second kappa shape index (κ2) is 12.6. The third-order valence-electron chi connectivity index (χ3n) is 5.59. The molecular formula is C25H34N4O2S. The number of likely N-dealkylation sites (tertiary alicyclic amines) is 1. The van der Waals surface area contributed by atoms with Crippen LogP contribution in [0.15, 0.2) is 53.7 Å². The van der Waals surface area contributed by atoms with Gasteiger partial charge < -0.3 is 10.6 Å². The summed E-state index contributed by atoms with van der Waals surface area (Å²) in [5, 5.41) is 7.12. The van der Waals surface area contributed by atoms with E-state index in [0.717, 1.165) is 54.3 Å². The number of carbonyl (C=O) groups excluding carboxylic acids is 2. The lowest BCUT2D eigenvalue weighted by Crippen LogP contribution is -2.47. The lowest BCUT2D eigenvalue weighted by atomic mass is 9.96. The minimum absolute atomic E-state index is 0.0391. The van der Waals surface area contributed by atoms with E-state index >= 15 is 0 Å². The first-order valence-corrected chi connectivity index (χ1v) is 12.5. The van der Waals surface area contributed by atoms with Crippen molar-refractivity contribution in [2.75, 3.05) is 25.0 Å². The Labute approximate surface area is 195 Å². The molecule has 6 nitrogen and oxygen atoms in total. The fourth-order valence-corrected chi connectivity index (χ4v) is 4.82. The Hall–Kier alpha value is -2.38. The third-order valence-corrected chi connectivity index (χ3v) is 6.60. The number of rotatable bonds is 10. The highest BCUT2D eigenvalue weighted by Crippen LogP contribution is 2.22. The molecule has 0 aliphatic carbocycles. The SMILES string of the molecule is CCCC(C)NC(=O)C1CCCN(CC(=O)Nc2cccc(CSc3ccccn3)c2)C1. The predicted molar refractivity (Wildman–Crippen MR) is 131 cm³/mol. The Morgan fingerprint density at radius 3 is 2.91 bits per heavy atom. The highest BCUT2D eigenvalue weighted by Gasteiger charge is 2.27. The molecule has 0 radical (unpaired) electrons. The van der Waals surface area contributed by atoms with E-state index in [2.05, 4.69) is 40.4 Å². The maximum atomic E-state index is 12.6. The number of thioether (sulfide) groups is 1. The molecule has 1 aliphatic heterocycles. The molecule has 1 aromatic heterocycles. The van der Waals surface area contributed by atoms with Crippen LogP contribution < -0.4 is 10.6 Å². The highest BCUT2D eigenvalue weighted by atomic mass is 32.2. The molecular weight excluding hydrogens is 420 g/mol. The lowest BCUT2D eigenvalue weighted by molar-refractivity contribution is -0.128. The molecule has 1 fully saturated rings. The van der Waals surface area contributed by atoms with E-state index in [1.54, 1.807) is 18.0 Å². The first-order valence-electron chi connectivity index (χ1n) is 11.5. The summed E-state index contributed by atoms with van der Waals surface area (Å²) in [6, 6.07) is 14.0. The molecule has 3 rings (SSSR count). The van der Waals surface area contributed by atoms with Gasteiger partial charge in [-0.15, -0.1) is 11.8 Å². The van der Waals surface area contributed by atoms with Crippen LogP contribution in [-0.2, 0) is 15.3 Å². The number of carbonyl (C=O) groups is 2. The number of benzene rings is 1. The van der Waals surface area contributed by atoms with Crippen LogP contribution in [0, 0.1) is 5.92 Å². The number of piperidine rings is 1. The van der Waals surface area contributed by atoms with Crippen molar-refractivity contribution in [1.82, 2.24) is 15.2 Å². The van der Waals surface area contributed by atoms with E-state index in [4.69, 9.17) is 0 Å². The van der Waals surface area contributed by atoms with Crippen molar-refractivity contribution in [3.05, 3.63) is 54.2 Å². The van der Waals surface area contributed by atoms with Gasteiger partial charge in [0.15, 0.2) is 0 Å². The maximum absolute atomic E-state index is 12.6. The molecule has 2 heterocycles. The molecule has 1 aromatic carbocycles. The number of pyridine rings is 1. The van der Waals surface area contributed by atoms with Gasteiger partial charge >= 0.3 is 0 Å². The van der Waals surface area contributed by atoms with Gasteiger partial charge in [-0.3, -0.25) is 14.5 Å². The molecule has 0 saturated carbocycles. The van der Waals surface area contributed by atoms with Gasteiger partial charge in [0.1, 0.15) is 0 Å². The molecule has 0 spiro atoms. The van der Waals surface area contributed by atoms with E-state index in [1.165, 1.54) is 0 Å². The molecule has 1 aliphatic rings. The Morgan fingerprint density at radius 2 is 2.12 bits per heavy atom. The average molecular weight is 455 g/mol. The summed E-state index contributed by atoms with van der Waals surface area (Å²) in [6.45, 7) is 5.97. The quantitative estimate of drug-likeness (QED) is 0.523. The van der Waals surface area contributed by atoms with Gasteiger partial charge in [0.25, 0.3) is 0 Å². The number of hydrogen-bond donors (Lipinski definition) is 2. The Balaban J connectivity index is 1.47. The summed E-state index contributed by atoms with van der Waals surface area (Å²) >= 11 is 1.67. The first kappa shape index (κ1) is 24.3. The summed E-state index contributed by atoms with van der Waals surface area (Å²) in [5.74, 6) is 0.831. The van der Waals surface area contributed by atoms with Crippen molar-refractivity contribution < 1.29 is 9.59 Å². The van der Waals surface area contributed by atoms with Crippen LogP contribution in [0.5, 0.6) is 0 Å². The smallest absolute Gasteiger partial charge is 0.238 e. The monoisotopic (exact) mass is 454 g/mol. The van der Waals surface area contributed by atoms with Crippen LogP contribution in [-0.4, -0.2) is 47.4 Å². The molecule has 2 atom stereocenters. The van der Waals surface area contributed by atoms with Crippen molar-refractivity contribution in [2.24, 2.45) is 5.92 Å². The number of nitrogens with one attached hydrogen (secondary N) is 2. The van der Waals surface area contributed by atoms with Crippen LogP contribution in [0.25, 0.3) is 0 Å². The molecule has 7 heteroatoms. The molecule has 1 saturated heterocycles. The summed E-state index contributed by atoms with van der Waals surface area (Å²) in [7, 11) is 0. The summed E-state index contributed by atoms with van der Waals surface area (Å²) < 4.78 is 0. The fraction of sp³-hybridized carbons (Fsp3) is 0.480. The number of hydrogen-bond acceptors (Lipinski definition) is 5. The molecule has 32 heavy (non-hydrogen) atoms. The van der Waals surface area contributed by atoms with Gasteiger partial charge in [0.2, 0.25) is 11.8 Å². The zero-order valence-electron chi connectivity index (χ0n) is 19.0. The van der Waals surface area contributed by atoms with Gasteiger partial charge in [0, 0.05) is 30.2 Å². The molecule has 2 amide bonds. The predicted octanol–water partition coefficient (Wildman–Crippen LogP) is 4.33. The Kier molecular flexibility index (Phi) is 9.56. The van der Waals surface area contributed by atoms with Crippen molar-refractivity contribution in [1.29, 1.82) is 0 Å². The number of nitrogens with zero attached hydrogens (tertiary/aromatic N) is 2. The van der Waals surface area contributed by atoms with Crippen LogP contribution in [0.1, 0.15) is 45.1 Å². The fourth-order valence-electron chi connectivity index (χ4n) is 4.01. The topological polar surface area (TPSA) is 74.3 Å². The highest BCUT2D eigenvalue weighted by molar-refractivity contribution is 7.98. The van der Waals surface area contributed by atoms with Crippen LogP contribution >= 0.6 is 11.8 Å². The van der Waals surface area contributed by atoms with Gasteiger partial charge in [0.05, 0.1) is 17.5 Å². The van der Waals surface area contributed by atoms with Crippen molar-refractivity contribution in [2.45, 2.75) is 56.4 Å². The van der Waals surface area contributed by atoms with Crippen molar-refractivity contribution in [3.8, 4) is 0 Å². The Bertz CT molecular complexity index is 877. The lowest BCUT2D eigenvalue weighted by Gasteiger charge is -2.32. The maximum Gasteiger partial charge on any atom is 0.238 e. The molecule has 2 unspecified atom stereocenters. The van der Waals surface area contributed by atoms with Gasteiger partial charge in [-0.2, -0.15) is 0 Å². The number of anilines is 1. The standard InChI is InChI=1S/C25H34N4O2S/c1-3-8-19(2)27-25(31)21-10-7-14-29(16-21)17-23(30)28-22-11-6-9-20(15-22)18-32-24-12-4-5-13-26-24/h4-6,9,11-13,15,19,21H,3,7-8,10,14,16-18H2,1-2H3,(H,27,31)(H,28,30). The Morgan fingerprint density at radius 1 is 1.25 bits per heavy atom. The summed E-state index contributed by atoms with van der Waals surface area (Å²) in [6.07, 6.45) is 5.66. The van der Waals surface area contributed by atoms with Crippen LogP contribution in [0.4, 0.5) is 5.69 Å². The number of aromatic nitrogens is 1. The van der Waals surface area contributed by atoms with E-state index in [1.807, 2.05) is 36.4 Å². The number of amides is 2.